The Kier molecular flexibility index (Phi) is 9.18. The molecule has 3 atom stereocenters. The summed E-state index contributed by atoms with van der Waals surface area (Å²) in [7, 11) is 3.30. The second-order valence-electron chi connectivity index (χ2n) is 7.82. The molecule has 1 saturated heterocycles. The number of carbonyl (C=O) groups is 1. The molecular formula is C20H33Cl2N3O3. The fourth-order valence-corrected chi connectivity index (χ4v) is 4.18. The van der Waals surface area contributed by atoms with Gasteiger partial charge in [-0.15, -0.1) is 24.8 Å². The van der Waals surface area contributed by atoms with E-state index in [1.165, 1.54) is 0 Å². The van der Waals surface area contributed by atoms with Crippen LogP contribution in [0.2, 0.25) is 0 Å². The third-order valence-corrected chi connectivity index (χ3v) is 5.81. The van der Waals surface area contributed by atoms with Crippen LogP contribution in [0.25, 0.3) is 0 Å². The first-order valence-corrected chi connectivity index (χ1v) is 9.50. The van der Waals surface area contributed by atoms with E-state index in [1.54, 1.807) is 14.2 Å². The largest absolute Gasteiger partial charge is 0.497 e. The van der Waals surface area contributed by atoms with Crippen molar-refractivity contribution in [1.29, 1.82) is 0 Å². The lowest BCUT2D eigenvalue weighted by Crippen LogP contribution is -2.54. The molecule has 3 rings (SSSR count). The molecule has 0 spiro atoms. The van der Waals surface area contributed by atoms with Crippen LogP contribution in [0.3, 0.4) is 0 Å². The molecule has 0 radical (unpaired) electrons. The zero-order chi connectivity index (χ0) is 18.7. The molecule has 1 amide bonds. The number of nitrogens with zero attached hydrogens (tertiary/aromatic N) is 1. The Bertz CT molecular complexity index is 635. The molecule has 160 valence electrons. The van der Waals surface area contributed by atoms with Gasteiger partial charge in [0.25, 0.3) is 0 Å². The van der Waals surface area contributed by atoms with Gasteiger partial charge in [0.15, 0.2) is 0 Å². The molecule has 1 saturated carbocycles. The van der Waals surface area contributed by atoms with Crippen LogP contribution < -0.4 is 25.4 Å². The van der Waals surface area contributed by atoms with E-state index in [4.69, 9.17) is 15.2 Å². The summed E-state index contributed by atoms with van der Waals surface area (Å²) in [6.45, 7) is 3.70. The maximum absolute atomic E-state index is 12.8. The van der Waals surface area contributed by atoms with Crippen LogP contribution in [0, 0.1) is 5.92 Å². The number of rotatable bonds is 5. The number of methoxy groups -OCH3 is 2. The SMILES string of the molecule is COc1cc(OC)cc(N2CCC(NC(=O)C3CCCCC3(C)N)C2)c1.Cl.Cl. The Hall–Kier alpha value is -1.37. The topological polar surface area (TPSA) is 76.8 Å². The average Bonchev–Trinajstić information content (AvgIpc) is 3.09. The van der Waals surface area contributed by atoms with Crippen molar-refractivity contribution in [1.82, 2.24) is 5.32 Å². The Balaban J connectivity index is 0.00000196. The lowest BCUT2D eigenvalue weighted by atomic mass is 9.74. The summed E-state index contributed by atoms with van der Waals surface area (Å²) in [5.74, 6) is 1.58. The first-order chi connectivity index (χ1) is 12.4. The van der Waals surface area contributed by atoms with Crippen LogP contribution >= 0.6 is 24.8 Å². The highest BCUT2D eigenvalue weighted by molar-refractivity contribution is 5.85. The van der Waals surface area contributed by atoms with Crippen molar-refractivity contribution in [3.63, 3.8) is 0 Å². The van der Waals surface area contributed by atoms with Crippen LogP contribution in [0.15, 0.2) is 18.2 Å². The second kappa shape index (κ2) is 10.4. The van der Waals surface area contributed by atoms with Crippen LogP contribution in [-0.4, -0.2) is 44.8 Å². The van der Waals surface area contributed by atoms with Gasteiger partial charge in [-0.3, -0.25) is 4.79 Å². The molecule has 8 heteroatoms. The van der Waals surface area contributed by atoms with E-state index in [1.807, 2.05) is 25.1 Å². The summed E-state index contributed by atoms with van der Waals surface area (Å²) in [5, 5.41) is 3.24. The van der Waals surface area contributed by atoms with Crippen LogP contribution in [0.1, 0.15) is 39.0 Å². The first-order valence-electron chi connectivity index (χ1n) is 9.50. The van der Waals surface area contributed by atoms with Crippen molar-refractivity contribution >= 4 is 36.4 Å². The number of anilines is 1. The smallest absolute Gasteiger partial charge is 0.225 e. The van der Waals surface area contributed by atoms with E-state index in [2.05, 4.69) is 10.2 Å². The average molecular weight is 434 g/mol. The van der Waals surface area contributed by atoms with E-state index in [0.717, 1.165) is 62.4 Å². The number of hydrogen-bond acceptors (Lipinski definition) is 5. The molecule has 3 N–H and O–H groups in total. The predicted octanol–water partition coefficient (Wildman–Crippen LogP) is 3.15. The van der Waals surface area contributed by atoms with Crippen molar-refractivity contribution in [2.45, 2.75) is 50.6 Å². The molecule has 0 bridgehead atoms. The maximum atomic E-state index is 12.8. The molecular weight excluding hydrogens is 401 g/mol. The molecule has 1 heterocycles. The molecule has 3 unspecified atom stereocenters. The number of carbonyl (C=O) groups excluding carboxylic acids is 1. The quantitative estimate of drug-likeness (QED) is 0.745. The van der Waals surface area contributed by atoms with Gasteiger partial charge in [0.2, 0.25) is 5.91 Å². The van der Waals surface area contributed by atoms with Crippen molar-refractivity contribution in [3.8, 4) is 11.5 Å². The molecule has 2 fully saturated rings. The number of halogens is 2. The number of benzene rings is 1. The Labute approximate surface area is 180 Å². The van der Waals surface area contributed by atoms with Crippen LogP contribution in [0.4, 0.5) is 5.69 Å². The monoisotopic (exact) mass is 433 g/mol. The summed E-state index contributed by atoms with van der Waals surface area (Å²) in [6, 6.07) is 6.02. The molecule has 28 heavy (non-hydrogen) atoms. The van der Waals surface area contributed by atoms with E-state index >= 15 is 0 Å². The van der Waals surface area contributed by atoms with E-state index in [0.29, 0.717) is 0 Å². The molecule has 1 aromatic rings. The van der Waals surface area contributed by atoms with E-state index in [9.17, 15) is 4.79 Å². The fourth-order valence-electron chi connectivity index (χ4n) is 4.18. The first kappa shape index (κ1) is 24.7. The zero-order valence-corrected chi connectivity index (χ0v) is 18.5. The van der Waals surface area contributed by atoms with Crippen LogP contribution in [-0.2, 0) is 4.79 Å². The summed E-state index contributed by atoms with van der Waals surface area (Å²) in [4.78, 5) is 15.0. The van der Waals surface area contributed by atoms with E-state index < -0.39 is 0 Å². The summed E-state index contributed by atoms with van der Waals surface area (Å²) in [5.41, 5.74) is 7.05. The van der Waals surface area contributed by atoms with Gasteiger partial charge in [-0.1, -0.05) is 12.8 Å². The minimum absolute atomic E-state index is 0. The van der Waals surface area contributed by atoms with Gasteiger partial charge in [0.05, 0.1) is 20.1 Å². The highest BCUT2D eigenvalue weighted by Crippen LogP contribution is 2.33. The van der Waals surface area contributed by atoms with Gasteiger partial charge in [0, 0.05) is 48.6 Å². The predicted molar refractivity (Wildman–Crippen MR) is 117 cm³/mol. The van der Waals surface area contributed by atoms with Crippen LogP contribution in [0.5, 0.6) is 11.5 Å². The number of nitrogens with one attached hydrogen (secondary N) is 1. The summed E-state index contributed by atoms with van der Waals surface area (Å²) < 4.78 is 10.7. The summed E-state index contributed by atoms with van der Waals surface area (Å²) >= 11 is 0. The normalized spacial score (nSPS) is 26.6. The fraction of sp³-hybridized carbons (Fsp3) is 0.650. The lowest BCUT2D eigenvalue weighted by Gasteiger charge is -2.37. The van der Waals surface area contributed by atoms with Gasteiger partial charge < -0.3 is 25.4 Å². The third kappa shape index (κ3) is 5.58. The molecule has 0 aromatic heterocycles. The highest BCUT2D eigenvalue weighted by atomic mass is 35.5. The molecule has 2 aliphatic rings. The number of ether oxygens (including phenoxy) is 2. The van der Waals surface area contributed by atoms with Gasteiger partial charge in [-0.25, -0.2) is 0 Å². The lowest BCUT2D eigenvalue weighted by molar-refractivity contribution is -0.128. The van der Waals surface area contributed by atoms with Gasteiger partial charge in [-0.2, -0.15) is 0 Å². The minimum atomic E-state index is -0.388. The number of hydrogen-bond donors (Lipinski definition) is 2. The minimum Gasteiger partial charge on any atom is -0.497 e. The molecule has 1 aliphatic heterocycles. The number of amides is 1. The number of nitrogens with two attached hydrogens (primary N) is 1. The Morgan fingerprint density at radius 2 is 1.79 bits per heavy atom. The van der Waals surface area contributed by atoms with Gasteiger partial charge in [0.1, 0.15) is 11.5 Å². The third-order valence-electron chi connectivity index (χ3n) is 5.81. The Morgan fingerprint density at radius 3 is 2.36 bits per heavy atom. The molecule has 1 aliphatic carbocycles. The second-order valence-corrected chi connectivity index (χ2v) is 7.82. The van der Waals surface area contributed by atoms with E-state index in [-0.39, 0.29) is 48.2 Å². The summed E-state index contributed by atoms with van der Waals surface area (Å²) in [6.07, 6.45) is 4.95. The van der Waals surface area contributed by atoms with Crippen molar-refractivity contribution in [2.75, 3.05) is 32.2 Å². The highest BCUT2D eigenvalue weighted by Gasteiger charge is 2.39. The van der Waals surface area contributed by atoms with Gasteiger partial charge >= 0.3 is 0 Å². The zero-order valence-electron chi connectivity index (χ0n) is 16.9. The van der Waals surface area contributed by atoms with Gasteiger partial charge in [-0.05, 0) is 26.2 Å². The molecule has 1 aromatic carbocycles. The molecule has 6 nitrogen and oxygen atoms in total. The van der Waals surface area contributed by atoms with Crippen molar-refractivity contribution in [2.24, 2.45) is 11.7 Å². The van der Waals surface area contributed by atoms with Crippen molar-refractivity contribution < 1.29 is 14.3 Å². The standard InChI is InChI=1S/C20H31N3O3.2ClH/c1-20(21)8-5-4-6-18(20)19(24)22-14-7-9-23(13-14)15-10-16(25-2)12-17(11-15)26-3;;/h10-12,14,18H,4-9,13,21H2,1-3H3,(H,22,24);2*1H. The maximum Gasteiger partial charge on any atom is 0.225 e. The Morgan fingerprint density at radius 1 is 1.14 bits per heavy atom. The van der Waals surface area contributed by atoms with Crippen molar-refractivity contribution in [3.05, 3.63) is 18.2 Å².